The van der Waals surface area contributed by atoms with Gasteiger partial charge in [0, 0.05) is 12.5 Å². The molecule has 0 aromatic carbocycles. The van der Waals surface area contributed by atoms with Gasteiger partial charge in [-0.3, -0.25) is 9.89 Å². The Bertz CT molecular complexity index is 424. The van der Waals surface area contributed by atoms with Gasteiger partial charge in [-0.1, -0.05) is 0 Å². The lowest BCUT2D eigenvalue weighted by Crippen LogP contribution is -2.36. The lowest BCUT2D eigenvalue weighted by atomic mass is 10.1. The van der Waals surface area contributed by atoms with Gasteiger partial charge in [-0.25, -0.2) is 4.98 Å². The molecule has 1 amide bonds. The highest BCUT2D eigenvalue weighted by Crippen LogP contribution is 2.18. The molecular weight excluding hydrogens is 251 g/mol. The molecule has 3 N–H and O–H groups in total. The van der Waals surface area contributed by atoms with Crippen LogP contribution < -0.4 is 10.6 Å². The number of carbonyl (C=O) groups excluding carboxylic acids is 1. The van der Waals surface area contributed by atoms with E-state index in [9.17, 15) is 18.0 Å². The molecule has 6 nitrogen and oxygen atoms in total. The maximum Gasteiger partial charge on any atom is 0.471 e. The molecule has 0 aliphatic carbocycles. The number of aromatic nitrogens is 3. The monoisotopic (exact) mass is 263 g/mol. The Hall–Kier alpha value is -1.64. The van der Waals surface area contributed by atoms with Crippen LogP contribution in [-0.4, -0.2) is 40.4 Å². The molecule has 18 heavy (non-hydrogen) atoms. The first-order valence-corrected chi connectivity index (χ1v) is 5.43. The van der Waals surface area contributed by atoms with Crippen molar-refractivity contribution in [1.82, 2.24) is 25.8 Å². The zero-order valence-corrected chi connectivity index (χ0v) is 9.34. The molecule has 0 spiro atoms. The van der Waals surface area contributed by atoms with E-state index in [4.69, 9.17) is 0 Å². The van der Waals surface area contributed by atoms with Gasteiger partial charge in [0.25, 0.3) is 0 Å². The molecule has 100 valence electrons. The fourth-order valence-corrected chi connectivity index (χ4v) is 1.71. The summed E-state index contributed by atoms with van der Waals surface area (Å²) in [6, 6.07) is 0. The minimum absolute atomic E-state index is 0.174. The van der Waals surface area contributed by atoms with Gasteiger partial charge in [-0.15, -0.1) is 0 Å². The van der Waals surface area contributed by atoms with Crippen molar-refractivity contribution in [2.45, 2.75) is 25.1 Å². The third-order valence-electron chi connectivity index (χ3n) is 2.65. The zero-order chi connectivity index (χ0) is 13.2. The number of rotatable bonds is 3. The van der Waals surface area contributed by atoms with Crippen molar-refractivity contribution in [2.75, 3.05) is 13.1 Å². The number of hydrogen-bond donors (Lipinski definition) is 3. The highest BCUT2D eigenvalue weighted by atomic mass is 19.4. The molecule has 1 saturated heterocycles. The summed E-state index contributed by atoms with van der Waals surface area (Å²) < 4.78 is 35.8. The lowest BCUT2D eigenvalue weighted by Gasteiger charge is -2.05. The first-order chi connectivity index (χ1) is 8.47. The van der Waals surface area contributed by atoms with Crippen molar-refractivity contribution in [2.24, 2.45) is 0 Å². The van der Waals surface area contributed by atoms with Gasteiger partial charge in [0.15, 0.2) is 5.82 Å². The minimum atomic E-state index is -4.88. The van der Waals surface area contributed by atoms with Crippen LogP contribution in [0.5, 0.6) is 0 Å². The summed E-state index contributed by atoms with van der Waals surface area (Å²) in [6.07, 6.45) is -3.98. The Kier molecular flexibility index (Phi) is 3.50. The van der Waals surface area contributed by atoms with E-state index in [2.05, 4.69) is 20.5 Å². The van der Waals surface area contributed by atoms with E-state index < -0.39 is 12.1 Å². The number of nitrogens with zero attached hydrogens (tertiary/aromatic N) is 2. The van der Waals surface area contributed by atoms with Crippen LogP contribution in [0.25, 0.3) is 0 Å². The van der Waals surface area contributed by atoms with Gasteiger partial charge in [0.1, 0.15) is 5.82 Å². The number of halogens is 3. The predicted molar refractivity (Wildman–Crippen MR) is 54.5 cm³/mol. The number of hydrogen-bond acceptors (Lipinski definition) is 4. The maximum atomic E-state index is 11.9. The molecule has 1 aromatic heterocycles. The van der Waals surface area contributed by atoms with Crippen LogP contribution in [0.2, 0.25) is 0 Å². The molecule has 0 bridgehead atoms. The van der Waals surface area contributed by atoms with E-state index in [0.717, 1.165) is 19.5 Å². The number of amides is 1. The van der Waals surface area contributed by atoms with Gasteiger partial charge in [-0.05, 0) is 13.0 Å². The summed E-state index contributed by atoms with van der Waals surface area (Å²) in [5.74, 6) is -1.03. The van der Waals surface area contributed by atoms with E-state index in [1.165, 1.54) is 0 Å². The molecule has 2 heterocycles. The second-order valence-corrected chi connectivity index (χ2v) is 4.01. The maximum absolute atomic E-state index is 11.9. The largest absolute Gasteiger partial charge is 0.471 e. The van der Waals surface area contributed by atoms with Crippen LogP contribution in [0.15, 0.2) is 0 Å². The van der Waals surface area contributed by atoms with Gasteiger partial charge in [0.05, 0.1) is 6.54 Å². The van der Waals surface area contributed by atoms with E-state index in [0.29, 0.717) is 5.82 Å². The summed E-state index contributed by atoms with van der Waals surface area (Å²) in [5, 5.41) is 11.3. The second-order valence-electron chi connectivity index (χ2n) is 4.01. The highest BCUT2D eigenvalue weighted by Gasteiger charge is 2.38. The van der Waals surface area contributed by atoms with Crippen LogP contribution in [0.1, 0.15) is 24.0 Å². The van der Waals surface area contributed by atoms with Crippen LogP contribution in [-0.2, 0) is 11.3 Å². The van der Waals surface area contributed by atoms with Gasteiger partial charge in [-0.2, -0.15) is 18.3 Å². The summed E-state index contributed by atoms with van der Waals surface area (Å²) in [6.45, 7) is 1.32. The third-order valence-corrected chi connectivity index (χ3v) is 2.65. The van der Waals surface area contributed by atoms with Crippen LogP contribution in [0.4, 0.5) is 13.2 Å². The lowest BCUT2D eigenvalue weighted by molar-refractivity contribution is -0.173. The summed E-state index contributed by atoms with van der Waals surface area (Å²) in [5.41, 5.74) is 0. The summed E-state index contributed by atoms with van der Waals surface area (Å²) in [4.78, 5) is 14.7. The van der Waals surface area contributed by atoms with Gasteiger partial charge < -0.3 is 10.6 Å². The molecule has 1 aliphatic rings. The Balaban J connectivity index is 1.89. The van der Waals surface area contributed by atoms with Crippen molar-refractivity contribution in [3.8, 4) is 0 Å². The summed E-state index contributed by atoms with van der Waals surface area (Å²) >= 11 is 0. The number of carbonyl (C=O) groups is 1. The molecular formula is C9H12F3N5O. The first kappa shape index (κ1) is 12.8. The quantitative estimate of drug-likeness (QED) is 0.720. The fraction of sp³-hybridized carbons (Fsp3) is 0.667. The highest BCUT2D eigenvalue weighted by molar-refractivity contribution is 5.81. The predicted octanol–water partition coefficient (Wildman–Crippen LogP) is 0.0601. The zero-order valence-electron chi connectivity index (χ0n) is 9.34. The topological polar surface area (TPSA) is 82.7 Å². The van der Waals surface area contributed by atoms with Crippen molar-refractivity contribution < 1.29 is 18.0 Å². The minimum Gasteiger partial charge on any atom is -0.341 e. The molecule has 1 aromatic rings. The number of aromatic amines is 1. The standard InChI is InChI=1S/C9H12F3N5O/c10-9(11,12)8(18)14-4-6-15-7(17-16-6)5-1-2-13-3-5/h5,13H,1-4H2,(H,14,18)(H,15,16,17). The fourth-order valence-electron chi connectivity index (χ4n) is 1.71. The van der Waals surface area contributed by atoms with E-state index in [1.807, 2.05) is 0 Å². The molecule has 9 heteroatoms. The number of H-pyrrole nitrogens is 1. The van der Waals surface area contributed by atoms with Gasteiger partial charge >= 0.3 is 12.1 Å². The van der Waals surface area contributed by atoms with Crippen molar-refractivity contribution in [1.29, 1.82) is 0 Å². The van der Waals surface area contributed by atoms with Crippen LogP contribution in [0, 0.1) is 0 Å². The van der Waals surface area contributed by atoms with E-state index in [1.54, 1.807) is 5.32 Å². The second kappa shape index (κ2) is 4.92. The number of alkyl halides is 3. The Morgan fingerprint density at radius 3 is 2.89 bits per heavy atom. The van der Waals surface area contributed by atoms with Gasteiger partial charge in [0.2, 0.25) is 0 Å². The Morgan fingerprint density at radius 1 is 1.50 bits per heavy atom. The van der Waals surface area contributed by atoms with Crippen LogP contribution in [0.3, 0.4) is 0 Å². The SMILES string of the molecule is O=C(NCc1nc(C2CCNC2)n[nH]1)C(F)(F)F. The van der Waals surface area contributed by atoms with Crippen LogP contribution >= 0.6 is 0 Å². The number of nitrogens with one attached hydrogen (secondary N) is 3. The van der Waals surface area contributed by atoms with E-state index >= 15 is 0 Å². The Morgan fingerprint density at radius 2 is 2.28 bits per heavy atom. The average molecular weight is 263 g/mol. The molecule has 0 saturated carbocycles. The van der Waals surface area contributed by atoms with Crippen molar-refractivity contribution in [3.63, 3.8) is 0 Å². The first-order valence-electron chi connectivity index (χ1n) is 5.43. The Labute approximate surface area is 100 Å². The normalized spacial score (nSPS) is 20.1. The molecule has 1 atom stereocenters. The molecule has 1 aliphatic heterocycles. The molecule has 1 unspecified atom stereocenters. The average Bonchev–Trinajstić information content (AvgIpc) is 2.94. The van der Waals surface area contributed by atoms with E-state index in [-0.39, 0.29) is 18.3 Å². The van der Waals surface area contributed by atoms with Crippen molar-refractivity contribution in [3.05, 3.63) is 11.6 Å². The van der Waals surface area contributed by atoms with Crippen molar-refractivity contribution >= 4 is 5.91 Å². The smallest absolute Gasteiger partial charge is 0.341 e. The molecule has 1 fully saturated rings. The molecule has 2 rings (SSSR count). The third kappa shape index (κ3) is 2.97. The molecule has 0 radical (unpaired) electrons. The summed E-state index contributed by atoms with van der Waals surface area (Å²) in [7, 11) is 0.